The van der Waals surface area contributed by atoms with Crippen molar-refractivity contribution in [3.05, 3.63) is 42.0 Å². The van der Waals surface area contributed by atoms with Crippen molar-refractivity contribution in [1.82, 2.24) is 15.5 Å². The van der Waals surface area contributed by atoms with Gasteiger partial charge in [0.2, 0.25) is 5.91 Å². The van der Waals surface area contributed by atoms with Crippen molar-refractivity contribution < 1.29 is 14.0 Å². The molecule has 2 saturated carbocycles. The molecule has 1 saturated heterocycles. The first kappa shape index (κ1) is 23.8. The number of benzene rings is 2. The van der Waals surface area contributed by atoms with E-state index in [1.165, 1.54) is 5.69 Å². The minimum absolute atomic E-state index is 0.235. The number of nitrogens with one attached hydrogen (secondary N) is 2. The highest BCUT2D eigenvalue weighted by Gasteiger charge is 2.50. The summed E-state index contributed by atoms with van der Waals surface area (Å²) < 4.78 is 6.13. The molecule has 1 aromatic heterocycles. The third kappa shape index (κ3) is 4.42. The van der Waals surface area contributed by atoms with Crippen molar-refractivity contribution in [1.29, 1.82) is 5.26 Å². The fraction of sp³-hybridized carbons (Fsp3) is 0.483. The summed E-state index contributed by atoms with van der Waals surface area (Å²) >= 11 is 0. The molecule has 2 amide bonds. The molecule has 0 atom stereocenters. The summed E-state index contributed by atoms with van der Waals surface area (Å²) in [6, 6.07) is 14.0. The van der Waals surface area contributed by atoms with Crippen molar-refractivity contribution in [2.24, 2.45) is 0 Å². The van der Waals surface area contributed by atoms with Gasteiger partial charge in [-0.2, -0.15) is 5.26 Å². The number of likely N-dealkylation sites (N-methyl/N-ethyl adjacent to an activating group) is 1. The van der Waals surface area contributed by atoms with Gasteiger partial charge in [-0.15, -0.1) is 0 Å². The fourth-order valence-electron chi connectivity index (χ4n) is 5.75. The highest BCUT2D eigenvalue weighted by Crippen LogP contribution is 2.37. The first-order chi connectivity index (χ1) is 17.9. The van der Waals surface area contributed by atoms with E-state index < -0.39 is 11.1 Å². The van der Waals surface area contributed by atoms with Crippen LogP contribution in [0.5, 0.6) is 0 Å². The van der Waals surface area contributed by atoms with E-state index in [2.05, 4.69) is 45.7 Å². The molecule has 0 unspecified atom stereocenters. The Bertz CT molecular complexity index is 1400. The second kappa shape index (κ2) is 9.07. The lowest BCUT2D eigenvalue weighted by Crippen LogP contribution is -2.61. The van der Waals surface area contributed by atoms with Gasteiger partial charge in [-0.25, -0.2) is 0 Å². The zero-order valence-corrected chi connectivity index (χ0v) is 21.3. The first-order valence-electron chi connectivity index (χ1n) is 13.4. The summed E-state index contributed by atoms with van der Waals surface area (Å²) in [5, 5.41) is 17.4. The molecule has 8 nitrogen and oxygen atoms in total. The van der Waals surface area contributed by atoms with Crippen molar-refractivity contribution in [2.45, 2.75) is 56.0 Å². The number of hydrogen-bond donors (Lipinski definition) is 2. The number of nitriles is 1. The average Bonchev–Trinajstić information content (AvgIpc) is 3.60. The van der Waals surface area contributed by atoms with Gasteiger partial charge in [0.25, 0.3) is 5.91 Å². The van der Waals surface area contributed by atoms with E-state index in [-0.39, 0.29) is 11.8 Å². The maximum atomic E-state index is 13.4. The van der Waals surface area contributed by atoms with Gasteiger partial charge in [-0.05, 0) is 69.1 Å². The molecule has 2 N–H and O–H groups in total. The van der Waals surface area contributed by atoms with Crippen molar-refractivity contribution >= 4 is 39.4 Å². The summed E-state index contributed by atoms with van der Waals surface area (Å²) in [5.41, 5.74) is 1.34. The van der Waals surface area contributed by atoms with Crippen LogP contribution < -0.4 is 15.5 Å². The van der Waals surface area contributed by atoms with E-state index in [1.54, 1.807) is 12.1 Å². The Hall–Kier alpha value is -3.57. The van der Waals surface area contributed by atoms with E-state index >= 15 is 0 Å². The lowest BCUT2D eigenvalue weighted by Gasteiger charge is -2.37. The van der Waals surface area contributed by atoms with Gasteiger partial charge in [0.1, 0.15) is 22.2 Å². The van der Waals surface area contributed by atoms with Crippen molar-refractivity contribution in [3.63, 3.8) is 0 Å². The number of carbonyl (C=O) groups excluding carboxylic acids is 2. The summed E-state index contributed by atoms with van der Waals surface area (Å²) in [4.78, 5) is 31.5. The molecule has 8 heteroatoms. The molecular formula is C29H33N5O3. The Morgan fingerprint density at radius 3 is 2.35 bits per heavy atom. The highest BCUT2D eigenvalue weighted by molar-refractivity contribution is 6.09. The van der Waals surface area contributed by atoms with Gasteiger partial charge >= 0.3 is 0 Å². The number of rotatable bonds is 5. The molecule has 0 spiro atoms. The van der Waals surface area contributed by atoms with Gasteiger partial charge in [-0.3, -0.25) is 9.59 Å². The monoisotopic (exact) mass is 499 g/mol. The quantitative estimate of drug-likeness (QED) is 0.551. The number of nitrogens with zero attached hydrogens (tertiary/aromatic N) is 3. The van der Waals surface area contributed by atoms with E-state index in [4.69, 9.17) is 4.42 Å². The fourth-order valence-corrected chi connectivity index (χ4v) is 5.75. The molecule has 2 heterocycles. The van der Waals surface area contributed by atoms with Crippen molar-refractivity contribution in [3.8, 4) is 6.07 Å². The van der Waals surface area contributed by atoms with Crippen LogP contribution in [0.15, 0.2) is 40.8 Å². The molecule has 2 aromatic carbocycles. The number of piperazine rings is 1. The molecule has 3 aliphatic rings. The van der Waals surface area contributed by atoms with Crippen LogP contribution in [0.1, 0.15) is 55.3 Å². The molecule has 37 heavy (non-hydrogen) atoms. The Labute approximate surface area is 216 Å². The van der Waals surface area contributed by atoms with Crippen LogP contribution >= 0.6 is 0 Å². The zero-order chi connectivity index (χ0) is 25.6. The highest BCUT2D eigenvalue weighted by atomic mass is 16.3. The summed E-state index contributed by atoms with van der Waals surface area (Å²) in [7, 11) is 2.15. The Morgan fingerprint density at radius 2 is 1.65 bits per heavy atom. The first-order valence-corrected chi connectivity index (χ1v) is 13.4. The predicted molar refractivity (Wildman–Crippen MR) is 142 cm³/mol. The van der Waals surface area contributed by atoms with Gasteiger partial charge in [0.05, 0.1) is 6.07 Å². The minimum Gasteiger partial charge on any atom is -0.456 e. The third-order valence-electron chi connectivity index (χ3n) is 8.40. The van der Waals surface area contributed by atoms with Crippen LogP contribution in [0.2, 0.25) is 0 Å². The van der Waals surface area contributed by atoms with Crippen LogP contribution in [-0.4, -0.2) is 61.0 Å². The van der Waals surface area contributed by atoms with Gasteiger partial charge < -0.3 is 24.9 Å². The number of fused-ring (bicyclic) bond motifs is 3. The number of anilines is 1. The van der Waals surface area contributed by atoms with E-state index in [9.17, 15) is 14.9 Å². The van der Waals surface area contributed by atoms with Gasteiger partial charge in [-0.1, -0.05) is 19.3 Å². The Kier molecular flexibility index (Phi) is 5.84. The Balaban J connectivity index is 1.25. The lowest BCUT2D eigenvalue weighted by molar-refractivity contribution is -0.129. The molecule has 3 aromatic rings. The number of amides is 2. The molecule has 2 aliphatic carbocycles. The van der Waals surface area contributed by atoms with Crippen LogP contribution in [0.4, 0.5) is 5.69 Å². The van der Waals surface area contributed by atoms with Crippen LogP contribution in [0.3, 0.4) is 0 Å². The van der Waals surface area contributed by atoms with Gasteiger partial charge in [0, 0.05) is 48.2 Å². The molecular weight excluding hydrogens is 466 g/mol. The minimum atomic E-state index is -0.984. The van der Waals surface area contributed by atoms with E-state index in [0.717, 1.165) is 61.8 Å². The lowest BCUT2D eigenvalue weighted by atomic mass is 9.80. The second-order valence-electron chi connectivity index (χ2n) is 11.0. The molecule has 0 radical (unpaired) electrons. The van der Waals surface area contributed by atoms with Crippen LogP contribution in [0.25, 0.3) is 21.9 Å². The smallest absolute Gasteiger partial charge is 0.252 e. The maximum absolute atomic E-state index is 13.4. The topological polar surface area (TPSA) is 102 Å². The third-order valence-corrected chi connectivity index (χ3v) is 8.40. The molecule has 1 aliphatic heterocycles. The standard InChI is InChI=1S/C29H33N5O3/c1-33-13-15-34(16-14-33)21-6-8-24-23(18-21)22-7-5-20(17-25(22)37-24)26(35)31-29(9-3-2-4-10-29)27(36)32-28(19-30)11-12-28/h5-8,17-18H,2-4,9-16H2,1H3,(H,31,35)(H,32,36). The molecule has 6 rings (SSSR count). The van der Waals surface area contributed by atoms with Crippen LogP contribution in [0, 0.1) is 11.3 Å². The maximum Gasteiger partial charge on any atom is 0.252 e. The number of carbonyl (C=O) groups is 2. The SMILES string of the molecule is CN1CCN(c2ccc3oc4cc(C(=O)NC5(C(=O)NC6(C#N)CC6)CCCCC5)ccc4c3c2)CC1. The largest absolute Gasteiger partial charge is 0.456 e. The molecule has 0 bridgehead atoms. The van der Waals surface area contributed by atoms with Crippen LogP contribution in [-0.2, 0) is 4.79 Å². The molecule has 3 fully saturated rings. The second-order valence-corrected chi connectivity index (χ2v) is 11.0. The van der Waals surface area contributed by atoms with E-state index in [1.807, 2.05) is 12.1 Å². The summed E-state index contributed by atoms with van der Waals surface area (Å²) in [6.45, 7) is 4.07. The molecule has 192 valence electrons. The average molecular weight is 500 g/mol. The normalized spacial score (nSPS) is 20.9. The van der Waals surface area contributed by atoms with Gasteiger partial charge in [0.15, 0.2) is 0 Å². The zero-order valence-electron chi connectivity index (χ0n) is 21.3. The number of furan rings is 1. The predicted octanol–water partition coefficient (Wildman–Crippen LogP) is 3.94. The summed E-state index contributed by atoms with van der Waals surface area (Å²) in [5.74, 6) is -0.528. The van der Waals surface area contributed by atoms with Crippen molar-refractivity contribution in [2.75, 3.05) is 38.1 Å². The van der Waals surface area contributed by atoms with E-state index in [0.29, 0.717) is 36.8 Å². The summed E-state index contributed by atoms with van der Waals surface area (Å²) in [6.07, 6.45) is 5.26. The Morgan fingerprint density at radius 1 is 0.892 bits per heavy atom. The number of hydrogen-bond acceptors (Lipinski definition) is 6.